The Bertz CT molecular complexity index is 585. The Morgan fingerprint density at radius 1 is 1.14 bits per heavy atom. The summed E-state index contributed by atoms with van der Waals surface area (Å²) >= 11 is -2.47. The van der Waals surface area contributed by atoms with Crippen molar-refractivity contribution in [2.75, 3.05) is 20.6 Å². The number of benzene rings is 1. The van der Waals surface area contributed by atoms with Crippen LogP contribution in [0, 0.1) is 16.7 Å². The van der Waals surface area contributed by atoms with Crippen LogP contribution in [0.25, 0.3) is 0 Å². The first-order valence-electron chi connectivity index (χ1n) is 8.65. The summed E-state index contributed by atoms with van der Waals surface area (Å²) in [4.78, 5) is 7.68. The topological polar surface area (TPSA) is 3.24 Å². The third-order valence-corrected chi connectivity index (χ3v) is 17.4. The molecule has 1 aromatic rings. The van der Waals surface area contributed by atoms with Gasteiger partial charge in [0.15, 0.2) is 0 Å². The third-order valence-electron chi connectivity index (χ3n) is 6.68. The molecule has 1 fully saturated rings. The molecule has 2 atom stereocenters. The van der Waals surface area contributed by atoms with Crippen molar-refractivity contribution in [2.45, 2.75) is 36.6 Å². The van der Waals surface area contributed by atoms with E-state index in [1.54, 1.807) is 3.58 Å². The van der Waals surface area contributed by atoms with Gasteiger partial charge in [-0.3, -0.25) is 0 Å². The first-order valence-corrected chi connectivity index (χ1v) is 17.2. The normalized spacial score (nSPS) is 30.0. The number of fused-ring (bicyclic) bond motifs is 2. The van der Waals surface area contributed by atoms with Crippen molar-refractivity contribution >= 4 is 22.0 Å². The summed E-state index contributed by atoms with van der Waals surface area (Å²) in [6, 6.07) is 11.4. The zero-order valence-corrected chi connectivity index (χ0v) is 18.0. The van der Waals surface area contributed by atoms with E-state index in [9.17, 15) is 0 Å². The molecule has 1 nitrogen and oxygen atoms in total. The fourth-order valence-electron chi connectivity index (χ4n) is 5.30. The van der Waals surface area contributed by atoms with Crippen LogP contribution in [0.2, 0.25) is 9.88 Å². The minimum atomic E-state index is -2.47. The van der Waals surface area contributed by atoms with E-state index in [1.807, 2.05) is 3.59 Å². The summed E-state index contributed by atoms with van der Waals surface area (Å²) in [5.74, 6) is 0.794. The van der Waals surface area contributed by atoms with Crippen molar-refractivity contribution in [3.63, 3.8) is 0 Å². The molecule has 0 saturated heterocycles. The maximum atomic E-state index is 2.73. The quantitative estimate of drug-likeness (QED) is 0.685. The van der Waals surface area contributed by atoms with E-state index in [1.165, 1.54) is 19.4 Å². The van der Waals surface area contributed by atoms with E-state index in [-0.39, 0.29) is 0 Å². The summed E-state index contributed by atoms with van der Waals surface area (Å²) in [5.41, 5.74) is 0.839. The summed E-state index contributed by atoms with van der Waals surface area (Å²) in [5, 5.41) is 0. The first-order chi connectivity index (χ1) is 10.2. The van der Waals surface area contributed by atoms with Crippen molar-refractivity contribution in [3.05, 3.63) is 40.0 Å². The molecule has 0 spiro atoms. The Hall–Kier alpha value is -0.281. The average Bonchev–Trinajstić information content (AvgIpc) is 2.82. The summed E-state index contributed by atoms with van der Waals surface area (Å²) in [6.07, 6.45) is 5.51. The molecule has 120 valence electrons. The Morgan fingerprint density at radius 2 is 1.77 bits per heavy atom. The zero-order valence-electron chi connectivity index (χ0n) is 15.1. The average molecular weight is 404 g/mol. The van der Waals surface area contributed by atoms with Crippen molar-refractivity contribution in [2.24, 2.45) is 16.7 Å². The molecule has 22 heavy (non-hydrogen) atoms. The molecule has 2 aliphatic carbocycles. The molecule has 2 aliphatic rings. The van der Waals surface area contributed by atoms with Crippen LogP contribution in [0.4, 0.5) is 0 Å². The molecule has 0 heterocycles. The van der Waals surface area contributed by atoms with Gasteiger partial charge < -0.3 is 0 Å². The molecule has 1 saturated carbocycles. The van der Waals surface area contributed by atoms with Gasteiger partial charge in [-0.15, -0.1) is 0 Å². The fraction of sp³-hybridized carbons (Fsp3) is 0.600. The maximum absolute atomic E-state index is 2.73. The molecule has 3 rings (SSSR count). The SMILES string of the molecule is CN(C)C[C@]12CC[C@H](C=[C]1[Sn]([CH3])([CH3])[c]1ccccc1)C2(C)C. The van der Waals surface area contributed by atoms with Crippen molar-refractivity contribution in [1.82, 2.24) is 4.90 Å². The summed E-state index contributed by atoms with van der Waals surface area (Å²) in [7, 11) is 4.50. The molecular weight excluding hydrogens is 373 g/mol. The Balaban J connectivity index is 2.09. The van der Waals surface area contributed by atoms with Gasteiger partial charge in [-0.1, -0.05) is 0 Å². The van der Waals surface area contributed by atoms with E-state index in [0.717, 1.165) is 5.92 Å². The number of nitrogens with zero attached hydrogens (tertiary/aromatic N) is 1. The van der Waals surface area contributed by atoms with Gasteiger partial charge in [0, 0.05) is 0 Å². The molecule has 2 bridgehead atoms. The van der Waals surface area contributed by atoms with Crippen LogP contribution in [-0.2, 0) is 0 Å². The van der Waals surface area contributed by atoms with Gasteiger partial charge >= 0.3 is 141 Å². The van der Waals surface area contributed by atoms with E-state index in [2.05, 4.69) is 79.1 Å². The van der Waals surface area contributed by atoms with Crippen LogP contribution < -0.4 is 3.58 Å². The van der Waals surface area contributed by atoms with Crippen LogP contribution in [0.1, 0.15) is 26.7 Å². The van der Waals surface area contributed by atoms with Gasteiger partial charge in [-0.2, -0.15) is 0 Å². The monoisotopic (exact) mass is 405 g/mol. The molecular formula is C20H31NSn. The second kappa shape index (κ2) is 5.37. The number of rotatable bonds is 4. The second-order valence-corrected chi connectivity index (χ2v) is 21.2. The molecule has 0 amide bonds. The Morgan fingerprint density at radius 3 is 2.32 bits per heavy atom. The van der Waals surface area contributed by atoms with Gasteiger partial charge in [-0.05, 0) is 0 Å². The van der Waals surface area contributed by atoms with Crippen LogP contribution in [-0.4, -0.2) is 43.9 Å². The van der Waals surface area contributed by atoms with Crippen molar-refractivity contribution in [3.8, 4) is 0 Å². The van der Waals surface area contributed by atoms with Crippen LogP contribution in [0.3, 0.4) is 0 Å². The fourth-order valence-corrected chi connectivity index (χ4v) is 15.8. The molecule has 2 heteroatoms. The summed E-state index contributed by atoms with van der Waals surface area (Å²) in [6.45, 7) is 6.28. The summed E-state index contributed by atoms with van der Waals surface area (Å²) < 4.78 is 3.55. The Labute approximate surface area is 140 Å². The van der Waals surface area contributed by atoms with E-state index < -0.39 is 18.4 Å². The van der Waals surface area contributed by atoms with Gasteiger partial charge in [0.2, 0.25) is 0 Å². The van der Waals surface area contributed by atoms with Crippen LogP contribution >= 0.6 is 0 Å². The number of hydrogen-bond acceptors (Lipinski definition) is 1. The van der Waals surface area contributed by atoms with E-state index in [4.69, 9.17) is 0 Å². The predicted molar refractivity (Wildman–Crippen MR) is 99.1 cm³/mol. The first kappa shape index (κ1) is 16.6. The third kappa shape index (κ3) is 2.23. The van der Waals surface area contributed by atoms with Crippen LogP contribution in [0.15, 0.2) is 40.0 Å². The van der Waals surface area contributed by atoms with E-state index in [0.29, 0.717) is 10.8 Å². The molecule has 0 aromatic heterocycles. The molecule has 1 aromatic carbocycles. The second-order valence-electron chi connectivity index (χ2n) is 8.76. The van der Waals surface area contributed by atoms with Gasteiger partial charge in [-0.25, -0.2) is 0 Å². The van der Waals surface area contributed by atoms with Gasteiger partial charge in [0.25, 0.3) is 0 Å². The van der Waals surface area contributed by atoms with E-state index >= 15 is 0 Å². The standard InChI is InChI=1S/C12H20N.C6H5.2CH3.Sn/c1-11(2)10-5-7-12(11,8-6-10)9-13(3)4;1-2-4-6-5-3-1;;;/h5,10H,6,8-9H2,1-4H3;1-5H;2*1H3;/t10-,12+;;;;/m0..../s1. The number of allylic oxidation sites excluding steroid dienone is 1. The molecule has 0 radical (unpaired) electrons. The van der Waals surface area contributed by atoms with Crippen LogP contribution in [0.5, 0.6) is 0 Å². The van der Waals surface area contributed by atoms with Crippen molar-refractivity contribution in [1.29, 1.82) is 0 Å². The predicted octanol–water partition coefficient (Wildman–Crippen LogP) is 4.07. The molecule has 0 aliphatic heterocycles. The van der Waals surface area contributed by atoms with Crippen molar-refractivity contribution < 1.29 is 0 Å². The minimum absolute atomic E-state index is 0.413. The van der Waals surface area contributed by atoms with Gasteiger partial charge in [0.05, 0.1) is 0 Å². The van der Waals surface area contributed by atoms with Gasteiger partial charge in [0.1, 0.15) is 0 Å². The number of hydrogen-bond donors (Lipinski definition) is 0. The Kier molecular flexibility index (Phi) is 4.05. The zero-order chi connectivity index (χ0) is 16.2. The molecule has 0 N–H and O–H groups in total. The molecule has 0 unspecified atom stereocenters.